The molecule has 6 atom stereocenters. The second-order valence-electron chi connectivity index (χ2n) is 32.4. The number of phosphoric acid groups is 2. The van der Waals surface area contributed by atoms with Crippen LogP contribution < -0.4 is 0 Å². The Bertz CT molecular complexity index is 2050. The molecule has 0 aliphatic rings. The van der Waals surface area contributed by atoms with Gasteiger partial charge in [-0.2, -0.15) is 0 Å². The van der Waals surface area contributed by atoms with Crippen molar-refractivity contribution < 1.29 is 80.2 Å². The zero-order valence-corrected chi connectivity index (χ0v) is 72.2. The average Bonchev–Trinajstić information content (AvgIpc) is 0.950. The largest absolute Gasteiger partial charge is 0.472 e. The molecule has 3 unspecified atom stereocenters. The molecule has 0 amide bonds. The van der Waals surface area contributed by atoms with Crippen molar-refractivity contribution in [2.75, 3.05) is 39.6 Å². The van der Waals surface area contributed by atoms with Crippen LogP contribution >= 0.6 is 15.6 Å². The first-order valence-electron chi connectivity index (χ1n) is 45.5. The van der Waals surface area contributed by atoms with E-state index >= 15 is 0 Å². The van der Waals surface area contributed by atoms with E-state index in [1.54, 1.807) is 0 Å². The van der Waals surface area contributed by atoms with E-state index in [0.29, 0.717) is 25.7 Å². The van der Waals surface area contributed by atoms with Gasteiger partial charge in [-0.25, -0.2) is 9.13 Å². The molecule has 0 heterocycles. The van der Waals surface area contributed by atoms with Crippen molar-refractivity contribution in [3.05, 3.63) is 0 Å². The number of aliphatic hydroxyl groups is 1. The molecule has 0 aliphatic heterocycles. The van der Waals surface area contributed by atoms with E-state index in [0.717, 1.165) is 102 Å². The molecule has 0 bridgehead atoms. The van der Waals surface area contributed by atoms with E-state index < -0.39 is 97.5 Å². The monoisotopic (exact) mass is 1560 g/mol. The molecule has 0 fully saturated rings. The van der Waals surface area contributed by atoms with Gasteiger partial charge in [-0.3, -0.25) is 37.3 Å². The van der Waals surface area contributed by atoms with Gasteiger partial charge >= 0.3 is 39.5 Å². The van der Waals surface area contributed by atoms with Gasteiger partial charge in [-0.15, -0.1) is 0 Å². The summed E-state index contributed by atoms with van der Waals surface area (Å²) in [6, 6.07) is 0. The van der Waals surface area contributed by atoms with E-state index in [9.17, 15) is 43.2 Å². The summed E-state index contributed by atoms with van der Waals surface area (Å²) in [7, 11) is -9.93. The highest BCUT2D eigenvalue weighted by molar-refractivity contribution is 7.47. The van der Waals surface area contributed by atoms with Crippen LogP contribution in [0, 0.1) is 11.8 Å². The molecule has 0 aliphatic carbocycles. The Balaban J connectivity index is 5.22. The molecule has 636 valence electrons. The first-order chi connectivity index (χ1) is 51.9. The normalized spacial score (nSPS) is 14.0. The minimum atomic E-state index is -4.97. The molecule has 0 saturated heterocycles. The highest BCUT2D eigenvalue weighted by atomic mass is 31.2. The highest BCUT2D eigenvalue weighted by Gasteiger charge is 2.31. The van der Waals surface area contributed by atoms with Gasteiger partial charge in [-0.05, 0) is 37.5 Å². The fourth-order valence-electron chi connectivity index (χ4n) is 13.7. The van der Waals surface area contributed by atoms with E-state index in [2.05, 4.69) is 41.5 Å². The summed E-state index contributed by atoms with van der Waals surface area (Å²) in [4.78, 5) is 73.3. The quantitative estimate of drug-likeness (QED) is 0.0222. The van der Waals surface area contributed by atoms with E-state index in [4.69, 9.17) is 37.0 Å². The van der Waals surface area contributed by atoms with Gasteiger partial charge in [0.05, 0.1) is 26.4 Å². The molecule has 0 spiro atoms. The Morgan fingerprint density at radius 2 is 0.477 bits per heavy atom. The summed E-state index contributed by atoms with van der Waals surface area (Å²) in [5, 5.41) is 10.7. The molecule has 107 heavy (non-hydrogen) atoms. The molecule has 0 aromatic heterocycles. The lowest BCUT2D eigenvalue weighted by atomic mass is 9.99. The standard InChI is InChI=1S/C88H172O17P2/c1-7-10-12-14-16-18-20-22-24-25-26-27-31-34-38-41-45-52-58-64-70-85(90)98-76-83(104-88(93)73-67-61-55-47-43-39-35-32-29-28-30-33-36-40-44-51-57-63-69-81(6)9-3)78-102-106(94,95)100-74-82(89)75-101-107(96,97)103-79-84(77-99-86(91)71-65-59-53-49-48-50-56-62-68-80(4)5)105-87(92)72-66-60-54-46-42-37-23-21-19-17-15-13-11-8-2/h80-84,89H,7-79H2,1-6H3,(H,94,95)(H,96,97)/t81?,82-,83-,84-/m1/s1. The molecule has 17 nitrogen and oxygen atoms in total. The molecular formula is C88H172O17P2. The Kier molecular flexibility index (Phi) is 77.9. The van der Waals surface area contributed by atoms with E-state index in [-0.39, 0.29) is 25.7 Å². The van der Waals surface area contributed by atoms with Gasteiger partial charge in [0, 0.05) is 25.7 Å². The van der Waals surface area contributed by atoms with Gasteiger partial charge < -0.3 is 33.8 Å². The minimum absolute atomic E-state index is 0.108. The van der Waals surface area contributed by atoms with Crippen LogP contribution in [-0.4, -0.2) is 96.7 Å². The molecule has 0 saturated carbocycles. The van der Waals surface area contributed by atoms with Crippen LogP contribution in [-0.2, 0) is 65.4 Å². The van der Waals surface area contributed by atoms with Crippen molar-refractivity contribution in [1.82, 2.24) is 0 Å². The zero-order valence-electron chi connectivity index (χ0n) is 70.5. The molecule has 19 heteroatoms. The van der Waals surface area contributed by atoms with Crippen LogP contribution in [0.3, 0.4) is 0 Å². The maximum atomic E-state index is 13.2. The number of carbonyl (C=O) groups is 4. The number of hydrogen-bond donors (Lipinski definition) is 3. The van der Waals surface area contributed by atoms with Gasteiger partial charge in [-0.1, -0.05) is 420 Å². The lowest BCUT2D eigenvalue weighted by Gasteiger charge is -2.21. The number of rotatable bonds is 87. The van der Waals surface area contributed by atoms with Crippen LogP contribution in [0.15, 0.2) is 0 Å². The molecule has 0 radical (unpaired) electrons. The summed E-state index contributed by atoms with van der Waals surface area (Å²) < 4.78 is 68.9. The van der Waals surface area contributed by atoms with Crippen molar-refractivity contribution in [2.45, 2.75) is 490 Å². The van der Waals surface area contributed by atoms with Gasteiger partial charge in [0.15, 0.2) is 12.2 Å². The van der Waals surface area contributed by atoms with Crippen molar-refractivity contribution in [1.29, 1.82) is 0 Å². The molecular weight excluding hydrogens is 1390 g/mol. The number of phosphoric ester groups is 2. The number of unbranched alkanes of at least 4 members (excludes halogenated alkanes) is 56. The maximum absolute atomic E-state index is 13.2. The number of esters is 4. The molecule has 0 rings (SSSR count). The van der Waals surface area contributed by atoms with Gasteiger partial charge in [0.25, 0.3) is 0 Å². The smallest absolute Gasteiger partial charge is 0.462 e. The van der Waals surface area contributed by atoms with Crippen molar-refractivity contribution in [3.8, 4) is 0 Å². The lowest BCUT2D eigenvalue weighted by Crippen LogP contribution is -2.30. The number of hydrogen-bond acceptors (Lipinski definition) is 15. The Hall–Kier alpha value is -1.94. The average molecular weight is 1560 g/mol. The summed E-state index contributed by atoms with van der Waals surface area (Å²) in [6.45, 7) is 9.71. The highest BCUT2D eigenvalue weighted by Crippen LogP contribution is 2.45. The Labute approximate surface area is 658 Å². The predicted molar refractivity (Wildman–Crippen MR) is 442 cm³/mol. The first-order valence-corrected chi connectivity index (χ1v) is 48.5. The Morgan fingerprint density at radius 1 is 0.271 bits per heavy atom. The van der Waals surface area contributed by atoms with Crippen molar-refractivity contribution >= 4 is 39.5 Å². The SMILES string of the molecule is CCCCCCCCCCCCCCCCCCCCCCC(=O)OC[C@H](COP(=O)(O)OC[C@@H](O)COP(=O)(O)OC[C@@H](COC(=O)CCCCCCCCCCC(C)C)OC(=O)CCCCCCCCCCCCCCCC)OC(=O)CCCCCCCCCCCCCCCCCCCCC(C)CC. The van der Waals surface area contributed by atoms with Crippen molar-refractivity contribution in [3.63, 3.8) is 0 Å². The third kappa shape index (κ3) is 80.5. The molecule has 0 aromatic carbocycles. The minimum Gasteiger partial charge on any atom is -0.462 e. The first kappa shape index (κ1) is 105. The summed E-state index contributed by atoms with van der Waals surface area (Å²) >= 11 is 0. The third-order valence-electron chi connectivity index (χ3n) is 21.1. The van der Waals surface area contributed by atoms with E-state index in [1.165, 1.54) is 289 Å². The second kappa shape index (κ2) is 79.3. The number of ether oxygens (including phenoxy) is 4. The van der Waals surface area contributed by atoms with Crippen LogP contribution in [0.25, 0.3) is 0 Å². The summed E-state index contributed by atoms with van der Waals surface area (Å²) in [5.74, 6) is -0.503. The van der Waals surface area contributed by atoms with Crippen LogP contribution in [0.4, 0.5) is 0 Å². The number of aliphatic hydroxyl groups excluding tert-OH is 1. The van der Waals surface area contributed by atoms with Crippen LogP contribution in [0.5, 0.6) is 0 Å². The summed E-state index contributed by atoms with van der Waals surface area (Å²) in [5.41, 5.74) is 0. The molecule has 0 aromatic rings. The third-order valence-corrected chi connectivity index (χ3v) is 23.0. The molecule has 3 N–H and O–H groups in total. The fourth-order valence-corrected chi connectivity index (χ4v) is 15.3. The lowest BCUT2D eigenvalue weighted by molar-refractivity contribution is -0.161. The van der Waals surface area contributed by atoms with Crippen LogP contribution in [0.2, 0.25) is 0 Å². The zero-order chi connectivity index (χ0) is 78.5. The van der Waals surface area contributed by atoms with E-state index in [1.807, 2.05) is 0 Å². The summed E-state index contributed by atoms with van der Waals surface area (Å²) in [6.07, 6.45) is 72.3. The van der Waals surface area contributed by atoms with Gasteiger partial charge in [0.1, 0.15) is 19.3 Å². The Morgan fingerprint density at radius 3 is 0.710 bits per heavy atom. The fraction of sp³-hybridized carbons (Fsp3) is 0.955. The number of carbonyl (C=O) groups excluding carboxylic acids is 4. The predicted octanol–water partition coefficient (Wildman–Crippen LogP) is 27.0. The van der Waals surface area contributed by atoms with Crippen molar-refractivity contribution in [2.24, 2.45) is 11.8 Å². The maximum Gasteiger partial charge on any atom is 0.472 e. The van der Waals surface area contributed by atoms with Gasteiger partial charge in [0.2, 0.25) is 0 Å². The van der Waals surface area contributed by atoms with Crippen LogP contribution in [0.1, 0.15) is 472 Å². The topological polar surface area (TPSA) is 237 Å². The second-order valence-corrected chi connectivity index (χ2v) is 35.3.